The van der Waals surface area contributed by atoms with Gasteiger partial charge in [0.1, 0.15) is 5.75 Å². The number of methoxy groups -OCH3 is 2. The van der Waals surface area contributed by atoms with E-state index in [4.69, 9.17) is 9.47 Å². The molecule has 7 aromatic rings. The van der Waals surface area contributed by atoms with E-state index in [0.717, 1.165) is 22.4 Å². The van der Waals surface area contributed by atoms with E-state index >= 15 is 0 Å². The van der Waals surface area contributed by atoms with E-state index < -0.39 is 5.54 Å². The number of hydrogen-bond donors (Lipinski definition) is 0. The molecule has 3 atom stereocenters. The molecular weight excluding hydrogens is 934 g/mol. The maximum absolute atomic E-state index is 9.28. The van der Waals surface area contributed by atoms with Gasteiger partial charge in [0.15, 0.2) is 0 Å². The van der Waals surface area contributed by atoms with E-state index in [9.17, 15) is 5.73 Å². The quantitative estimate of drug-likeness (QED) is 0.0907. The van der Waals surface area contributed by atoms with Gasteiger partial charge < -0.3 is 22.1 Å². The third-order valence-electron chi connectivity index (χ3n) is 9.91. The molecule has 0 bridgehead atoms. The molecule has 1 N–H and O–H groups in total. The Bertz CT molecular complexity index is 2190. The van der Waals surface area contributed by atoms with Gasteiger partial charge in [-0.15, -0.1) is 38.5 Å². The molecule has 9 heteroatoms. The van der Waals surface area contributed by atoms with Crippen molar-refractivity contribution in [2.45, 2.75) is 40.2 Å². The van der Waals surface area contributed by atoms with E-state index in [1.165, 1.54) is 54.7 Å². The van der Waals surface area contributed by atoms with E-state index in [0.29, 0.717) is 5.75 Å². The second-order valence-electron chi connectivity index (χ2n) is 14.3. The molecule has 0 aliphatic heterocycles. The molecule has 7 aromatic carbocycles. The monoisotopic (exact) mass is 986 g/mol. The Labute approximate surface area is 460 Å². The van der Waals surface area contributed by atoms with Gasteiger partial charge in [-0.3, -0.25) is 0 Å². The number of hydrogen-bond acceptors (Lipinski definition) is 2. The van der Waals surface area contributed by atoms with Gasteiger partial charge in [0.05, 0.1) is 14.2 Å². The average molecular weight is 986 g/mol. The van der Waals surface area contributed by atoms with Crippen molar-refractivity contribution in [3.05, 3.63) is 192 Å². The van der Waals surface area contributed by atoms with Gasteiger partial charge in [-0.25, -0.2) is 0 Å². The zero-order chi connectivity index (χ0) is 41.0. The predicted molar refractivity (Wildman–Crippen MR) is 241 cm³/mol. The van der Waals surface area contributed by atoms with Crippen LogP contribution in [-0.4, -0.2) is 14.2 Å². The molecule has 0 spiro atoms. The number of benzene rings is 7. The van der Waals surface area contributed by atoms with Crippen LogP contribution in [0.15, 0.2) is 133 Å². The molecule has 3 unspecified atom stereocenters. The molecule has 0 amide bonds. The summed E-state index contributed by atoms with van der Waals surface area (Å²) in [5.74, 6) is 1.53. The molecule has 0 radical (unpaired) electrons. The van der Waals surface area contributed by atoms with Gasteiger partial charge in [0, 0.05) is 119 Å². The summed E-state index contributed by atoms with van der Waals surface area (Å²) in [4.78, 5) is 0. The molecule has 0 saturated heterocycles. The van der Waals surface area contributed by atoms with Crippen LogP contribution in [0, 0.1) is 166 Å². The molecule has 0 fully saturated rings. The van der Waals surface area contributed by atoms with Crippen LogP contribution >= 0.6 is 18.9 Å². The standard InChI is InChI=1S/C21H16P.C20H24NO2.C9H12.3Ar.ClH.Ru/c1-14-10-11-15-6-2-4-8-17(15)20(14)21-18-9-5-3-7-16(18)12-13-19(21)22;1-14(2)15(3)20(21,16-8-6-10-18(12-16)22-4)17-9-7-11-19(13-17)23-5;1-7-4-8(2)6-9(3)5-7;;;;;/h2-13H,1,22H2;6-8,10-15,21H,3H2,1-2,4-5H3;4-6H,1-3H3;;;;1H;/q-1;-3;;;;;;+1/p-1. The molecule has 3 nitrogen and oxygen atoms in total. The SMILES string of the molecule is Cc1cc(C)cc(C)c1.[Ar].[Ar].[Ar].[CH2-]C(C(C)C)C([NH-])(c1[c-]ccc(OC)c1)c1cccc(OC)c1.[CH2-]c1ccc2ccccc2c1-c1c(P)ccc2ccccc12.[Cl][Ru]. The summed E-state index contributed by atoms with van der Waals surface area (Å²) in [5.41, 5.74) is 17.5. The summed E-state index contributed by atoms with van der Waals surface area (Å²) in [6.45, 7) is 19.1. The fourth-order valence-corrected chi connectivity index (χ4v) is 7.52. The number of aryl methyl sites for hydroxylation is 3. The Morgan fingerprint density at radius 1 is 0.661 bits per heavy atom. The minimum absolute atomic E-state index is 0. The van der Waals surface area contributed by atoms with Crippen molar-refractivity contribution < 1.29 is 140 Å². The number of halogens is 1. The Morgan fingerprint density at radius 3 is 1.68 bits per heavy atom. The van der Waals surface area contributed by atoms with Crippen molar-refractivity contribution in [3.63, 3.8) is 0 Å². The Hall–Kier alpha value is -0.387. The summed E-state index contributed by atoms with van der Waals surface area (Å²) in [5, 5.41) is 6.25. The fourth-order valence-electron chi connectivity index (χ4n) is 7.12. The number of nitrogens with one attached hydrogen (secondary N) is 1. The van der Waals surface area contributed by atoms with Crippen LogP contribution in [-0.2, 0) is 22.9 Å². The zero-order valence-electron chi connectivity index (χ0n) is 34.5. The van der Waals surface area contributed by atoms with Crippen molar-refractivity contribution in [1.82, 2.24) is 0 Å². The normalized spacial score (nSPS) is 11.6. The predicted octanol–water partition coefficient (Wildman–Crippen LogP) is 13.5. The number of ether oxygens (including phenoxy) is 2. The topological polar surface area (TPSA) is 42.3 Å². The summed E-state index contributed by atoms with van der Waals surface area (Å²) < 4.78 is 10.7. The zero-order valence-corrected chi connectivity index (χ0v) is 40.2. The Morgan fingerprint density at radius 2 is 1.15 bits per heavy atom. The Balaban J connectivity index is 0.000000454. The number of rotatable bonds is 7. The van der Waals surface area contributed by atoms with E-state index in [2.05, 4.69) is 164 Å². The van der Waals surface area contributed by atoms with Crippen molar-refractivity contribution in [3.8, 4) is 22.6 Å². The number of fused-ring (bicyclic) bond motifs is 2. The van der Waals surface area contributed by atoms with Crippen molar-refractivity contribution in [2.24, 2.45) is 11.8 Å². The molecular formula is C50H52Ar3ClNO2PRu-4. The molecule has 59 heavy (non-hydrogen) atoms. The van der Waals surface area contributed by atoms with Crippen LogP contribution in [0.2, 0.25) is 0 Å². The van der Waals surface area contributed by atoms with Crippen LogP contribution in [0.25, 0.3) is 38.4 Å². The van der Waals surface area contributed by atoms with Gasteiger partial charge in [-0.1, -0.05) is 144 Å². The molecule has 0 aliphatic carbocycles. The first-order valence-corrected chi connectivity index (χ1v) is 21.3. The first-order valence-electron chi connectivity index (χ1n) is 18.5. The van der Waals surface area contributed by atoms with Crippen molar-refractivity contribution >= 4 is 45.8 Å². The molecule has 0 aromatic heterocycles. The second-order valence-corrected chi connectivity index (χ2v) is 14.9. The molecule has 317 valence electrons. The van der Waals surface area contributed by atoms with Crippen LogP contribution in [0.4, 0.5) is 0 Å². The van der Waals surface area contributed by atoms with E-state index in [-0.39, 0.29) is 125 Å². The summed E-state index contributed by atoms with van der Waals surface area (Å²) in [7, 11) is 10.7. The van der Waals surface area contributed by atoms with E-state index in [1.54, 1.807) is 20.3 Å². The van der Waals surface area contributed by atoms with Gasteiger partial charge in [0.25, 0.3) is 0 Å². The molecule has 0 aliphatic rings. The molecule has 0 saturated carbocycles. The first kappa shape index (κ1) is 56.6. The Kier molecular flexibility index (Phi) is 26.6. The first-order chi connectivity index (χ1) is 26.9. The van der Waals surface area contributed by atoms with E-state index in [1.807, 2.05) is 53.7 Å². The third kappa shape index (κ3) is 14.8. The van der Waals surface area contributed by atoms with Crippen LogP contribution in [0.3, 0.4) is 0 Å². The second kappa shape index (κ2) is 27.7. The van der Waals surface area contributed by atoms with Gasteiger partial charge in [0.2, 0.25) is 0 Å². The van der Waals surface area contributed by atoms with Crippen LogP contribution in [0.1, 0.15) is 47.2 Å². The van der Waals surface area contributed by atoms with Crippen LogP contribution < -0.4 is 14.8 Å². The van der Waals surface area contributed by atoms with Crippen molar-refractivity contribution in [2.75, 3.05) is 14.2 Å². The summed E-state index contributed by atoms with van der Waals surface area (Å²) >= 11 is 1.82. The molecule has 0 heterocycles. The third-order valence-corrected chi connectivity index (χ3v) is 10.4. The van der Waals surface area contributed by atoms with Crippen LogP contribution in [0.5, 0.6) is 11.5 Å². The fraction of sp³-hybridized carbons (Fsp3) is 0.200. The maximum atomic E-state index is 9.28. The van der Waals surface area contributed by atoms with Gasteiger partial charge >= 0.3 is 27.0 Å². The van der Waals surface area contributed by atoms with Gasteiger partial charge in [-0.2, -0.15) is 42.2 Å². The van der Waals surface area contributed by atoms with Crippen molar-refractivity contribution in [1.29, 1.82) is 0 Å². The summed E-state index contributed by atoms with van der Waals surface area (Å²) in [6, 6.07) is 48.6. The summed E-state index contributed by atoms with van der Waals surface area (Å²) in [6.07, 6.45) is 0. The minimum atomic E-state index is -1.03. The van der Waals surface area contributed by atoms with Gasteiger partial charge in [-0.05, 0) is 54.4 Å². The average Bonchev–Trinajstić information content (AvgIpc) is 3.21. The molecule has 7 rings (SSSR count).